The SMILES string of the molecule is [C-]#[N+]c1ccc(Cn2nnc(-c3ccc(S(=O)(=O)NCCO)cc3)n2)nc1. The molecule has 1 aromatic carbocycles. The van der Waals surface area contributed by atoms with E-state index in [0.717, 1.165) is 0 Å². The molecule has 10 nitrogen and oxygen atoms in total. The van der Waals surface area contributed by atoms with Crippen molar-refractivity contribution in [2.45, 2.75) is 11.4 Å². The molecule has 0 aliphatic carbocycles. The maximum Gasteiger partial charge on any atom is 0.240 e. The first-order valence-corrected chi connectivity index (χ1v) is 9.31. The zero-order valence-electron chi connectivity index (χ0n) is 14.0. The molecule has 0 aliphatic rings. The summed E-state index contributed by atoms with van der Waals surface area (Å²) < 4.78 is 26.3. The van der Waals surface area contributed by atoms with Gasteiger partial charge in [0, 0.05) is 18.3 Å². The summed E-state index contributed by atoms with van der Waals surface area (Å²) in [4.78, 5) is 8.88. The summed E-state index contributed by atoms with van der Waals surface area (Å²) in [5.74, 6) is 0.347. The minimum Gasteiger partial charge on any atom is -0.395 e. The Labute approximate surface area is 155 Å². The largest absolute Gasteiger partial charge is 0.395 e. The van der Waals surface area contributed by atoms with E-state index in [-0.39, 0.29) is 18.0 Å². The number of benzene rings is 1. The summed E-state index contributed by atoms with van der Waals surface area (Å²) in [6, 6.07) is 9.41. The van der Waals surface area contributed by atoms with Gasteiger partial charge in [0.15, 0.2) is 0 Å². The number of aliphatic hydroxyl groups excluding tert-OH is 1. The van der Waals surface area contributed by atoms with Gasteiger partial charge in [0.05, 0.1) is 23.8 Å². The van der Waals surface area contributed by atoms with Crippen LogP contribution in [-0.2, 0) is 16.6 Å². The van der Waals surface area contributed by atoms with Gasteiger partial charge in [-0.2, -0.15) is 4.80 Å². The van der Waals surface area contributed by atoms with Crippen molar-refractivity contribution in [3.8, 4) is 11.4 Å². The molecule has 0 aliphatic heterocycles. The van der Waals surface area contributed by atoms with Crippen molar-refractivity contribution in [1.29, 1.82) is 0 Å². The van der Waals surface area contributed by atoms with Gasteiger partial charge in [-0.15, -0.1) is 10.2 Å². The predicted octanol–water partition coefficient (Wildman–Crippen LogP) is 0.605. The number of pyridine rings is 1. The molecule has 0 radical (unpaired) electrons. The molecule has 11 heteroatoms. The second-order valence-electron chi connectivity index (χ2n) is 5.41. The molecule has 0 spiro atoms. The minimum atomic E-state index is -3.66. The van der Waals surface area contributed by atoms with Crippen LogP contribution in [0.25, 0.3) is 16.2 Å². The van der Waals surface area contributed by atoms with Gasteiger partial charge in [-0.3, -0.25) is 4.98 Å². The highest BCUT2D eigenvalue weighted by atomic mass is 32.2. The third-order valence-corrected chi connectivity index (χ3v) is 5.00. The summed E-state index contributed by atoms with van der Waals surface area (Å²) in [5, 5.41) is 20.9. The van der Waals surface area contributed by atoms with E-state index in [1.165, 1.54) is 23.1 Å². The lowest BCUT2D eigenvalue weighted by Gasteiger charge is -2.05. The first kappa shape index (κ1) is 18.6. The van der Waals surface area contributed by atoms with E-state index in [1.807, 2.05) is 0 Å². The fourth-order valence-corrected chi connectivity index (χ4v) is 3.21. The van der Waals surface area contributed by atoms with Crippen molar-refractivity contribution < 1.29 is 13.5 Å². The Morgan fingerprint density at radius 2 is 1.96 bits per heavy atom. The van der Waals surface area contributed by atoms with E-state index in [4.69, 9.17) is 11.7 Å². The number of hydrogen-bond acceptors (Lipinski definition) is 7. The Hall–Kier alpha value is -3.20. The van der Waals surface area contributed by atoms with Gasteiger partial charge >= 0.3 is 0 Å². The Morgan fingerprint density at radius 1 is 1.19 bits per heavy atom. The van der Waals surface area contributed by atoms with Crippen molar-refractivity contribution in [2.75, 3.05) is 13.2 Å². The van der Waals surface area contributed by atoms with Crippen molar-refractivity contribution in [2.24, 2.45) is 0 Å². The Bertz CT molecular complexity index is 1050. The molecule has 27 heavy (non-hydrogen) atoms. The molecule has 0 saturated carbocycles. The average Bonchev–Trinajstić information content (AvgIpc) is 3.15. The standard InChI is InChI=1S/C16H15N7O3S/c1-17-13-4-5-14(18-10-13)11-23-21-16(20-22-23)12-2-6-15(7-3-12)27(25,26)19-8-9-24/h2-7,10,19,24H,8-9,11H2. The molecular formula is C16H15N7O3S. The zero-order valence-corrected chi connectivity index (χ0v) is 14.8. The van der Waals surface area contributed by atoms with Crippen LogP contribution in [0.2, 0.25) is 0 Å². The number of sulfonamides is 1. The second kappa shape index (κ2) is 8.00. The van der Waals surface area contributed by atoms with Gasteiger partial charge in [0.1, 0.15) is 6.54 Å². The summed E-state index contributed by atoms with van der Waals surface area (Å²) in [6.07, 6.45) is 1.48. The van der Waals surface area contributed by atoms with Gasteiger partial charge in [-0.25, -0.2) is 18.0 Å². The van der Waals surface area contributed by atoms with Crippen LogP contribution in [0.3, 0.4) is 0 Å². The van der Waals surface area contributed by atoms with Crippen molar-refractivity contribution >= 4 is 15.7 Å². The van der Waals surface area contributed by atoms with E-state index in [0.29, 0.717) is 29.3 Å². The number of nitrogens with zero attached hydrogens (tertiary/aromatic N) is 6. The van der Waals surface area contributed by atoms with E-state index < -0.39 is 10.0 Å². The summed E-state index contributed by atoms with van der Waals surface area (Å²) in [5.41, 5.74) is 1.75. The summed E-state index contributed by atoms with van der Waals surface area (Å²) >= 11 is 0. The van der Waals surface area contributed by atoms with Gasteiger partial charge < -0.3 is 5.11 Å². The molecule has 138 valence electrons. The fourth-order valence-electron chi connectivity index (χ4n) is 2.19. The monoisotopic (exact) mass is 385 g/mol. The van der Waals surface area contributed by atoms with Crippen LogP contribution < -0.4 is 4.72 Å². The molecule has 0 bridgehead atoms. The zero-order chi connectivity index (χ0) is 19.3. The first-order valence-electron chi connectivity index (χ1n) is 7.83. The van der Waals surface area contributed by atoms with Crippen molar-refractivity contribution in [3.05, 3.63) is 59.7 Å². The van der Waals surface area contributed by atoms with E-state index in [9.17, 15) is 8.42 Å². The fraction of sp³-hybridized carbons (Fsp3) is 0.188. The highest BCUT2D eigenvalue weighted by Crippen LogP contribution is 2.17. The van der Waals surface area contributed by atoms with Crippen LogP contribution in [-0.4, -0.2) is 51.9 Å². The quantitative estimate of drug-likeness (QED) is 0.570. The van der Waals surface area contributed by atoms with Crippen LogP contribution >= 0.6 is 0 Å². The molecular weight excluding hydrogens is 370 g/mol. The smallest absolute Gasteiger partial charge is 0.240 e. The predicted molar refractivity (Wildman–Crippen MR) is 95.1 cm³/mol. The number of aromatic nitrogens is 5. The molecule has 2 aromatic heterocycles. The molecule has 3 aromatic rings. The molecule has 2 N–H and O–H groups in total. The van der Waals surface area contributed by atoms with Gasteiger partial charge in [-0.1, -0.05) is 6.07 Å². The molecule has 3 rings (SSSR count). The van der Waals surface area contributed by atoms with Crippen LogP contribution in [0, 0.1) is 6.57 Å². The molecule has 2 heterocycles. The number of tetrazole rings is 1. The Kier molecular flexibility index (Phi) is 5.51. The lowest BCUT2D eigenvalue weighted by atomic mass is 10.2. The lowest BCUT2D eigenvalue weighted by Crippen LogP contribution is -2.26. The highest BCUT2D eigenvalue weighted by molar-refractivity contribution is 7.89. The normalized spacial score (nSPS) is 11.3. The van der Waals surface area contributed by atoms with E-state index in [2.05, 4.69) is 30.0 Å². The third-order valence-electron chi connectivity index (χ3n) is 3.52. The van der Waals surface area contributed by atoms with Gasteiger partial charge in [-0.05, 0) is 35.5 Å². The first-order chi connectivity index (χ1) is 13.0. The summed E-state index contributed by atoms with van der Waals surface area (Å²) in [7, 11) is -3.66. The van der Waals surface area contributed by atoms with Crippen molar-refractivity contribution in [1.82, 2.24) is 29.9 Å². The maximum atomic E-state index is 12.0. The lowest BCUT2D eigenvalue weighted by molar-refractivity contribution is 0.301. The molecule has 0 fully saturated rings. The number of aliphatic hydroxyl groups is 1. The van der Waals surface area contributed by atoms with E-state index >= 15 is 0 Å². The van der Waals surface area contributed by atoms with E-state index in [1.54, 1.807) is 24.3 Å². The Balaban J connectivity index is 1.73. The average molecular weight is 385 g/mol. The van der Waals surface area contributed by atoms with Crippen LogP contribution in [0.15, 0.2) is 47.5 Å². The number of nitrogens with one attached hydrogen (secondary N) is 1. The molecule has 0 atom stereocenters. The minimum absolute atomic E-state index is 0.0507. The topological polar surface area (TPSA) is 127 Å². The van der Waals surface area contributed by atoms with Gasteiger partial charge in [0.2, 0.25) is 21.5 Å². The highest BCUT2D eigenvalue weighted by Gasteiger charge is 2.14. The summed E-state index contributed by atoms with van der Waals surface area (Å²) in [6.45, 7) is 6.88. The number of hydrogen-bond donors (Lipinski definition) is 2. The second-order valence-corrected chi connectivity index (χ2v) is 7.18. The Morgan fingerprint density at radius 3 is 2.59 bits per heavy atom. The number of rotatable bonds is 7. The third kappa shape index (κ3) is 4.50. The maximum absolute atomic E-state index is 12.0. The van der Waals surface area contributed by atoms with Gasteiger partial charge in [0.25, 0.3) is 0 Å². The van der Waals surface area contributed by atoms with Crippen LogP contribution in [0.1, 0.15) is 5.69 Å². The molecule has 0 unspecified atom stereocenters. The van der Waals surface area contributed by atoms with Crippen molar-refractivity contribution in [3.63, 3.8) is 0 Å². The van der Waals surface area contributed by atoms with Crippen LogP contribution in [0.4, 0.5) is 5.69 Å². The molecule has 0 amide bonds. The molecule has 0 saturated heterocycles. The van der Waals surface area contributed by atoms with Crippen LogP contribution in [0.5, 0.6) is 0 Å².